The van der Waals surface area contributed by atoms with Gasteiger partial charge in [0.2, 0.25) is 0 Å². The molecule has 0 unspecified atom stereocenters. The van der Waals surface area contributed by atoms with E-state index in [4.69, 9.17) is 9.47 Å². The van der Waals surface area contributed by atoms with Crippen molar-refractivity contribution in [2.45, 2.75) is 33.2 Å². The van der Waals surface area contributed by atoms with E-state index in [1.54, 1.807) is 29.7 Å². The van der Waals surface area contributed by atoms with Crippen LogP contribution in [0.4, 0.5) is 13.2 Å². The highest BCUT2D eigenvalue weighted by molar-refractivity contribution is 6.12. The number of benzene rings is 4. The molecule has 0 bridgehead atoms. The van der Waals surface area contributed by atoms with E-state index in [9.17, 15) is 27.9 Å². The summed E-state index contributed by atoms with van der Waals surface area (Å²) in [5.41, 5.74) is 3.47. The lowest BCUT2D eigenvalue weighted by molar-refractivity contribution is -0.274. The Morgan fingerprint density at radius 1 is 0.800 bits per heavy atom. The Balaban J connectivity index is 1.57. The number of rotatable bonds is 9. The molecule has 8 nitrogen and oxygen atoms in total. The number of hydrogen-bond acceptors (Lipinski definition) is 5. The molecule has 45 heavy (non-hydrogen) atoms. The summed E-state index contributed by atoms with van der Waals surface area (Å²) in [6.07, 6.45) is -5.30. The molecule has 2 aromatic heterocycles. The smallest absolute Gasteiger partial charge is 0.481 e. The van der Waals surface area contributed by atoms with Crippen LogP contribution in [-0.4, -0.2) is 39.1 Å². The van der Waals surface area contributed by atoms with E-state index in [1.165, 1.54) is 12.1 Å². The van der Waals surface area contributed by atoms with Crippen LogP contribution in [0, 0.1) is 0 Å². The molecule has 1 N–H and O–H groups in total. The van der Waals surface area contributed by atoms with E-state index in [2.05, 4.69) is 9.30 Å². The molecular weight excluding hydrogens is 589 g/mol. The number of aromatic nitrogens is 2. The summed E-state index contributed by atoms with van der Waals surface area (Å²) in [7, 11) is 0. The first-order valence-corrected chi connectivity index (χ1v) is 14.2. The SMILES string of the molecule is CCOC(=O)c1c(CC(=O)O)n(-c2cccc3c4ccccc4n(CC)c23)c2ccc(Oc3ccc(OC(F)(F)F)cc3)cc12. The topological polar surface area (TPSA) is 91.9 Å². The Morgan fingerprint density at radius 3 is 2.18 bits per heavy atom. The Labute approximate surface area is 254 Å². The molecule has 0 atom stereocenters. The first-order chi connectivity index (χ1) is 21.6. The minimum Gasteiger partial charge on any atom is -0.481 e. The molecule has 0 aliphatic carbocycles. The monoisotopic (exact) mass is 616 g/mol. The molecular formula is C34H27F3N2O6. The summed E-state index contributed by atoms with van der Waals surface area (Å²) >= 11 is 0. The molecule has 6 aromatic rings. The Hall–Kier alpha value is -5.45. The second-order valence-electron chi connectivity index (χ2n) is 10.2. The number of nitrogens with zero attached hydrogens (tertiary/aromatic N) is 2. The number of halogens is 3. The van der Waals surface area contributed by atoms with E-state index < -0.39 is 30.5 Å². The fraction of sp³-hybridized carbons (Fsp3) is 0.176. The highest BCUT2D eigenvalue weighted by atomic mass is 19.4. The lowest BCUT2D eigenvalue weighted by Gasteiger charge is -2.15. The van der Waals surface area contributed by atoms with Crippen molar-refractivity contribution in [3.05, 3.63) is 96.2 Å². The van der Waals surface area contributed by atoms with Crippen LogP contribution in [0.2, 0.25) is 0 Å². The number of ether oxygens (including phenoxy) is 3. The quantitative estimate of drug-likeness (QED) is 0.165. The maximum Gasteiger partial charge on any atom is 0.573 e. The van der Waals surface area contributed by atoms with Gasteiger partial charge in [0.05, 0.1) is 35.3 Å². The van der Waals surface area contributed by atoms with Crippen LogP contribution in [0.5, 0.6) is 17.2 Å². The van der Waals surface area contributed by atoms with Gasteiger partial charge >= 0.3 is 18.3 Å². The number of aliphatic carboxylic acids is 1. The molecule has 0 aliphatic heterocycles. The number of carboxylic acids is 1. The van der Waals surface area contributed by atoms with Gasteiger partial charge in [0.1, 0.15) is 17.2 Å². The largest absolute Gasteiger partial charge is 0.573 e. The van der Waals surface area contributed by atoms with Crippen LogP contribution < -0.4 is 9.47 Å². The first kappa shape index (κ1) is 29.6. The van der Waals surface area contributed by atoms with Crippen LogP contribution in [0.3, 0.4) is 0 Å². The average Bonchev–Trinajstić information content (AvgIpc) is 3.49. The van der Waals surface area contributed by atoms with Gasteiger partial charge in [0.25, 0.3) is 0 Å². The van der Waals surface area contributed by atoms with Crippen molar-refractivity contribution >= 4 is 44.6 Å². The van der Waals surface area contributed by atoms with Crippen molar-refractivity contribution in [2.75, 3.05) is 6.61 Å². The number of carbonyl (C=O) groups is 2. The van der Waals surface area contributed by atoms with E-state index in [0.29, 0.717) is 23.1 Å². The van der Waals surface area contributed by atoms with Gasteiger partial charge in [-0.2, -0.15) is 0 Å². The zero-order valence-corrected chi connectivity index (χ0v) is 24.2. The van der Waals surface area contributed by atoms with Crippen LogP contribution >= 0.6 is 0 Å². The fourth-order valence-corrected chi connectivity index (χ4v) is 5.85. The average molecular weight is 617 g/mol. The normalized spacial score (nSPS) is 11.8. The predicted octanol–water partition coefficient (Wildman–Crippen LogP) is 8.25. The minimum atomic E-state index is -4.83. The molecule has 4 aromatic carbocycles. The van der Waals surface area contributed by atoms with Crippen molar-refractivity contribution < 1.29 is 42.1 Å². The third-order valence-electron chi connectivity index (χ3n) is 7.45. The van der Waals surface area contributed by atoms with Crippen molar-refractivity contribution in [1.82, 2.24) is 9.13 Å². The van der Waals surface area contributed by atoms with Gasteiger partial charge in [-0.3, -0.25) is 4.79 Å². The van der Waals surface area contributed by atoms with Gasteiger partial charge in [0, 0.05) is 33.9 Å². The van der Waals surface area contributed by atoms with Gasteiger partial charge in [-0.15, -0.1) is 13.2 Å². The summed E-state index contributed by atoms with van der Waals surface area (Å²) in [5.74, 6) is -1.72. The first-order valence-electron chi connectivity index (χ1n) is 14.2. The van der Waals surface area contributed by atoms with Crippen molar-refractivity contribution in [3.8, 4) is 22.9 Å². The van der Waals surface area contributed by atoms with E-state index in [1.807, 2.05) is 49.4 Å². The van der Waals surface area contributed by atoms with Gasteiger partial charge in [0.15, 0.2) is 0 Å². The summed E-state index contributed by atoms with van der Waals surface area (Å²) in [6.45, 7) is 4.41. The van der Waals surface area contributed by atoms with Crippen molar-refractivity contribution in [2.24, 2.45) is 0 Å². The van der Waals surface area contributed by atoms with Crippen LogP contribution in [0.15, 0.2) is 84.9 Å². The molecule has 6 rings (SSSR count). The highest BCUT2D eigenvalue weighted by Crippen LogP contribution is 2.39. The van der Waals surface area contributed by atoms with Crippen LogP contribution in [0.1, 0.15) is 29.9 Å². The second-order valence-corrected chi connectivity index (χ2v) is 10.2. The summed E-state index contributed by atoms with van der Waals surface area (Å²) in [6, 6.07) is 23.7. The lowest BCUT2D eigenvalue weighted by Crippen LogP contribution is -2.16. The van der Waals surface area contributed by atoms with Gasteiger partial charge < -0.3 is 28.5 Å². The molecule has 0 radical (unpaired) electrons. The molecule has 0 amide bonds. The zero-order chi connectivity index (χ0) is 31.9. The Kier molecular flexibility index (Phi) is 7.61. The summed E-state index contributed by atoms with van der Waals surface area (Å²) < 4.78 is 57.0. The third kappa shape index (κ3) is 5.52. The standard InChI is InChI=1S/C34H27F3N2O6/c1-3-38-26-10-6-5-8-23(26)24-9-7-11-28(32(24)38)39-27-17-16-22(44-20-12-14-21(15-13-20)45-34(35,36)37)18-25(27)31(33(42)43-4-2)29(39)19-30(40)41/h5-18H,3-4,19H2,1-2H3,(H,40,41). The maximum absolute atomic E-state index is 13.5. The minimum absolute atomic E-state index is 0.0697. The van der Waals surface area contributed by atoms with Crippen molar-refractivity contribution in [1.29, 1.82) is 0 Å². The molecule has 0 aliphatic rings. The van der Waals surface area contributed by atoms with Crippen LogP contribution in [-0.2, 0) is 22.5 Å². The van der Waals surface area contributed by atoms with E-state index in [0.717, 1.165) is 33.9 Å². The van der Waals surface area contributed by atoms with Crippen LogP contribution in [0.25, 0.3) is 38.4 Å². The maximum atomic E-state index is 13.5. The Morgan fingerprint density at radius 2 is 1.49 bits per heavy atom. The van der Waals surface area contributed by atoms with Gasteiger partial charge in [-0.25, -0.2) is 4.79 Å². The number of alkyl halides is 3. The second kappa shape index (κ2) is 11.6. The third-order valence-corrected chi connectivity index (χ3v) is 7.45. The zero-order valence-electron chi connectivity index (χ0n) is 24.2. The van der Waals surface area contributed by atoms with E-state index in [-0.39, 0.29) is 29.4 Å². The van der Waals surface area contributed by atoms with Gasteiger partial charge in [-0.05, 0) is 68.4 Å². The molecule has 0 fully saturated rings. The Bertz CT molecular complexity index is 2080. The molecule has 2 heterocycles. The molecule has 0 saturated carbocycles. The summed E-state index contributed by atoms with van der Waals surface area (Å²) in [5, 5.41) is 12.4. The molecule has 11 heteroatoms. The number of hydrogen-bond donors (Lipinski definition) is 1. The number of aryl methyl sites for hydroxylation is 1. The van der Waals surface area contributed by atoms with Gasteiger partial charge in [-0.1, -0.05) is 30.3 Å². The molecule has 0 spiro atoms. The lowest BCUT2D eigenvalue weighted by atomic mass is 10.1. The predicted molar refractivity (Wildman–Crippen MR) is 162 cm³/mol. The number of carboxylic acid groups (broad SMARTS) is 1. The van der Waals surface area contributed by atoms with Crippen molar-refractivity contribution in [3.63, 3.8) is 0 Å². The number of esters is 1. The van der Waals surface area contributed by atoms with E-state index >= 15 is 0 Å². The molecule has 230 valence electrons. The molecule has 0 saturated heterocycles. The number of para-hydroxylation sites is 2. The number of carbonyl (C=O) groups excluding carboxylic acids is 1. The number of fused-ring (bicyclic) bond motifs is 4. The summed E-state index contributed by atoms with van der Waals surface area (Å²) in [4.78, 5) is 25.7. The highest BCUT2D eigenvalue weighted by Gasteiger charge is 2.31. The fourth-order valence-electron chi connectivity index (χ4n) is 5.85.